The molecule has 4 rings (SSSR count). The number of nitrogens with one attached hydrogen (secondary N) is 2. The maximum atomic E-state index is 13.0. The molecule has 8 heteroatoms. The van der Waals surface area contributed by atoms with E-state index in [1.165, 1.54) is 6.07 Å². The Balaban J connectivity index is 1.70. The molecule has 0 amide bonds. The van der Waals surface area contributed by atoms with E-state index in [2.05, 4.69) is 32.4 Å². The van der Waals surface area contributed by atoms with E-state index < -0.39 is 11.7 Å². The van der Waals surface area contributed by atoms with Crippen LogP contribution in [0, 0.1) is 6.92 Å². The van der Waals surface area contributed by atoms with Crippen LogP contribution in [0.2, 0.25) is 0 Å². The molecule has 1 aromatic carbocycles. The van der Waals surface area contributed by atoms with Crippen molar-refractivity contribution in [2.75, 3.05) is 25.5 Å². The first-order valence-electron chi connectivity index (χ1n) is 9.30. The van der Waals surface area contributed by atoms with Crippen LogP contribution in [0.3, 0.4) is 0 Å². The summed E-state index contributed by atoms with van der Waals surface area (Å²) >= 11 is 0. The Kier molecular flexibility index (Phi) is 4.74. The lowest BCUT2D eigenvalue weighted by Gasteiger charge is -2.30. The molecule has 1 aliphatic heterocycles. The van der Waals surface area contributed by atoms with Crippen molar-refractivity contribution in [3.05, 3.63) is 41.6 Å². The van der Waals surface area contributed by atoms with Gasteiger partial charge in [-0.05, 0) is 57.1 Å². The van der Waals surface area contributed by atoms with Crippen molar-refractivity contribution in [1.29, 1.82) is 0 Å². The standard InChI is InChI=1S/C20H22F3N5/c1-12-10-13(20(21,22)23)5-6-15(12)17-16-7-8-24-18(16)19(27-26-17)25-14-4-3-9-28(2)11-14/h5-8,10,14,24H,3-4,9,11H2,1-2H3,(H,25,27)/t14-/m1/s1. The van der Waals surface area contributed by atoms with Crippen LogP contribution < -0.4 is 5.32 Å². The Morgan fingerprint density at radius 2 is 2.04 bits per heavy atom. The van der Waals surface area contributed by atoms with Gasteiger partial charge in [0.1, 0.15) is 5.69 Å². The van der Waals surface area contributed by atoms with Gasteiger partial charge in [0.05, 0.1) is 11.1 Å². The van der Waals surface area contributed by atoms with Crippen LogP contribution in [0.5, 0.6) is 0 Å². The summed E-state index contributed by atoms with van der Waals surface area (Å²) in [5.41, 5.74) is 1.90. The zero-order valence-electron chi connectivity index (χ0n) is 15.8. The number of rotatable bonds is 3. The second-order valence-electron chi connectivity index (χ2n) is 7.44. The van der Waals surface area contributed by atoms with E-state index in [1.807, 2.05) is 6.07 Å². The summed E-state index contributed by atoms with van der Waals surface area (Å²) in [6, 6.07) is 5.89. The molecule has 1 saturated heterocycles. The number of anilines is 1. The van der Waals surface area contributed by atoms with Gasteiger partial charge in [0.2, 0.25) is 0 Å². The summed E-state index contributed by atoms with van der Waals surface area (Å²) in [4.78, 5) is 5.47. The number of aryl methyl sites for hydroxylation is 1. The Morgan fingerprint density at radius 1 is 1.21 bits per heavy atom. The third kappa shape index (κ3) is 3.56. The Bertz CT molecular complexity index is 995. The number of aromatic nitrogens is 3. The third-order valence-corrected chi connectivity index (χ3v) is 5.26. The molecule has 0 aliphatic carbocycles. The predicted molar refractivity (Wildman–Crippen MR) is 103 cm³/mol. The van der Waals surface area contributed by atoms with Crippen LogP contribution in [-0.4, -0.2) is 46.3 Å². The summed E-state index contributed by atoms with van der Waals surface area (Å²) in [5.74, 6) is 0.675. The number of H-pyrrole nitrogens is 1. The number of likely N-dealkylation sites (N-methyl/N-ethyl adjacent to an activating group) is 1. The Morgan fingerprint density at radius 3 is 2.75 bits per heavy atom. The smallest absolute Gasteiger partial charge is 0.363 e. The van der Waals surface area contributed by atoms with Crippen molar-refractivity contribution in [3.8, 4) is 11.3 Å². The number of alkyl halides is 3. The van der Waals surface area contributed by atoms with Crippen LogP contribution >= 0.6 is 0 Å². The molecule has 0 bridgehead atoms. The summed E-state index contributed by atoms with van der Waals surface area (Å²) in [5, 5.41) is 13.0. The van der Waals surface area contributed by atoms with Gasteiger partial charge in [-0.15, -0.1) is 10.2 Å². The topological polar surface area (TPSA) is 56.8 Å². The van der Waals surface area contributed by atoms with Crippen molar-refractivity contribution in [1.82, 2.24) is 20.1 Å². The molecule has 0 radical (unpaired) electrons. The summed E-state index contributed by atoms with van der Waals surface area (Å²) in [6.07, 6.45) is -0.374. The zero-order valence-corrected chi connectivity index (χ0v) is 15.8. The molecule has 3 aromatic rings. The van der Waals surface area contributed by atoms with Gasteiger partial charge in [0, 0.05) is 29.7 Å². The maximum absolute atomic E-state index is 13.0. The average molecular weight is 389 g/mol. The number of nitrogens with zero attached hydrogens (tertiary/aromatic N) is 3. The van der Waals surface area contributed by atoms with Crippen LogP contribution in [0.4, 0.5) is 19.0 Å². The molecule has 0 saturated carbocycles. The lowest BCUT2D eigenvalue weighted by Crippen LogP contribution is -2.40. The first-order chi connectivity index (χ1) is 13.3. The Hall–Kier alpha value is -2.61. The minimum atomic E-state index is -4.36. The van der Waals surface area contributed by atoms with Gasteiger partial charge in [-0.1, -0.05) is 6.07 Å². The lowest BCUT2D eigenvalue weighted by molar-refractivity contribution is -0.137. The monoisotopic (exact) mass is 389 g/mol. The number of aromatic amines is 1. The fourth-order valence-corrected chi connectivity index (χ4v) is 3.85. The van der Waals surface area contributed by atoms with E-state index in [-0.39, 0.29) is 0 Å². The van der Waals surface area contributed by atoms with Crippen LogP contribution in [-0.2, 0) is 6.18 Å². The molecule has 2 aromatic heterocycles. The number of piperidine rings is 1. The van der Waals surface area contributed by atoms with Crippen LogP contribution in [0.25, 0.3) is 22.2 Å². The van der Waals surface area contributed by atoms with E-state index in [9.17, 15) is 13.2 Å². The molecular weight excluding hydrogens is 367 g/mol. The van der Waals surface area contributed by atoms with Gasteiger partial charge in [-0.25, -0.2) is 0 Å². The minimum Gasteiger partial charge on any atom is -0.363 e. The average Bonchev–Trinajstić information content (AvgIpc) is 3.12. The van der Waals surface area contributed by atoms with Crippen molar-refractivity contribution in [2.45, 2.75) is 32.0 Å². The Labute approximate surface area is 161 Å². The van der Waals surface area contributed by atoms with E-state index in [0.29, 0.717) is 28.7 Å². The number of hydrogen-bond acceptors (Lipinski definition) is 4. The molecule has 1 aliphatic rings. The number of likely N-dealkylation sites (tertiary alicyclic amines) is 1. The fraction of sp³-hybridized carbons (Fsp3) is 0.400. The highest BCUT2D eigenvalue weighted by atomic mass is 19.4. The molecule has 0 spiro atoms. The maximum Gasteiger partial charge on any atom is 0.416 e. The molecule has 28 heavy (non-hydrogen) atoms. The highest BCUT2D eigenvalue weighted by Gasteiger charge is 2.31. The number of halogens is 3. The number of benzene rings is 1. The van der Waals surface area contributed by atoms with Crippen molar-refractivity contribution < 1.29 is 13.2 Å². The van der Waals surface area contributed by atoms with Crippen molar-refractivity contribution in [2.24, 2.45) is 0 Å². The molecule has 1 fully saturated rings. The molecule has 148 valence electrons. The first-order valence-corrected chi connectivity index (χ1v) is 9.30. The van der Waals surface area contributed by atoms with Gasteiger partial charge in [-0.2, -0.15) is 13.2 Å². The SMILES string of the molecule is Cc1cc(C(F)(F)F)ccc1-c1nnc(N[C@@H]2CCCN(C)C2)c2[nH]ccc12. The zero-order chi connectivity index (χ0) is 19.9. The van der Waals surface area contributed by atoms with Crippen LogP contribution in [0.1, 0.15) is 24.0 Å². The highest BCUT2D eigenvalue weighted by molar-refractivity contribution is 5.98. The summed E-state index contributed by atoms with van der Waals surface area (Å²) < 4.78 is 38.9. The second kappa shape index (κ2) is 7.09. The van der Waals surface area contributed by atoms with E-state index in [4.69, 9.17) is 0 Å². The second-order valence-corrected chi connectivity index (χ2v) is 7.44. The summed E-state index contributed by atoms with van der Waals surface area (Å²) in [6.45, 7) is 3.69. The molecule has 2 N–H and O–H groups in total. The van der Waals surface area contributed by atoms with Gasteiger partial charge in [-0.3, -0.25) is 0 Å². The van der Waals surface area contributed by atoms with Gasteiger partial charge < -0.3 is 15.2 Å². The quantitative estimate of drug-likeness (QED) is 0.695. The fourth-order valence-electron chi connectivity index (χ4n) is 3.85. The van der Waals surface area contributed by atoms with E-state index in [0.717, 1.165) is 49.0 Å². The molecule has 5 nitrogen and oxygen atoms in total. The van der Waals surface area contributed by atoms with Gasteiger partial charge >= 0.3 is 6.18 Å². The number of fused-ring (bicyclic) bond motifs is 1. The highest BCUT2D eigenvalue weighted by Crippen LogP contribution is 2.35. The van der Waals surface area contributed by atoms with Crippen LogP contribution in [0.15, 0.2) is 30.5 Å². The van der Waals surface area contributed by atoms with E-state index in [1.54, 1.807) is 13.1 Å². The molecule has 1 atom stereocenters. The van der Waals surface area contributed by atoms with Crippen molar-refractivity contribution >= 4 is 16.7 Å². The molecule has 0 unspecified atom stereocenters. The predicted octanol–water partition coefficient (Wildman–Crippen LogP) is 4.46. The third-order valence-electron chi connectivity index (χ3n) is 5.26. The normalized spacial score (nSPS) is 18.5. The largest absolute Gasteiger partial charge is 0.416 e. The number of hydrogen-bond donors (Lipinski definition) is 2. The van der Waals surface area contributed by atoms with E-state index >= 15 is 0 Å². The van der Waals surface area contributed by atoms with Gasteiger partial charge in [0.25, 0.3) is 0 Å². The van der Waals surface area contributed by atoms with Crippen molar-refractivity contribution in [3.63, 3.8) is 0 Å². The minimum absolute atomic E-state index is 0.290. The molecule has 3 heterocycles. The lowest BCUT2D eigenvalue weighted by atomic mass is 10.00. The molecular formula is C20H22F3N5. The van der Waals surface area contributed by atoms with Gasteiger partial charge in [0.15, 0.2) is 5.82 Å². The first kappa shape index (κ1) is 18.7. The summed E-state index contributed by atoms with van der Waals surface area (Å²) in [7, 11) is 2.10.